The Labute approximate surface area is 179 Å². The van der Waals surface area contributed by atoms with E-state index in [-0.39, 0.29) is 40.9 Å². The number of methoxy groups -OCH3 is 1. The van der Waals surface area contributed by atoms with Gasteiger partial charge in [-0.1, -0.05) is 0 Å². The van der Waals surface area contributed by atoms with Crippen molar-refractivity contribution in [3.8, 4) is 11.5 Å². The van der Waals surface area contributed by atoms with E-state index in [1.807, 2.05) is 0 Å². The van der Waals surface area contributed by atoms with Gasteiger partial charge in [-0.25, -0.2) is 4.79 Å². The van der Waals surface area contributed by atoms with Crippen molar-refractivity contribution < 1.29 is 38.3 Å². The second kappa shape index (κ2) is 8.92. The van der Waals surface area contributed by atoms with E-state index < -0.39 is 33.5 Å². The molecule has 1 N–H and O–H groups in total. The lowest BCUT2D eigenvalue weighted by Gasteiger charge is -2.10. The first-order valence-corrected chi connectivity index (χ1v) is 9.63. The SMILES string of the molecule is CCOc1cc(/C=C2/SC(=O)N(Cc3ccc(C(=O)OC)o3)C2=O)cc([N+](=O)[O-])c1O. The smallest absolute Gasteiger partial charge is 0.373 e. The normalized spacial score (nSPS) is 14.9. The molecule has 1 aliphatic heterocycles. The summed E-state index contributed by atoms with van der Waals surface area (Å²) in [6.45, 7) is 1.59. The number of nitrogens with zero attached hydrogens (tertiary/aromatic N) is 2. The highest BCUT2D eigenvalue weighted by atomic mass is 32.2. The Kier molecular flexibility index (Phi) is 6.30. The van der Waals surface area contributed by atoms with Crippen LogP contribution in [0.5, 0.6) is 11.5 Å². The molecular formula is C19H16N2O9S. The van der Waals surface area contributed by atoms with Crippen LogP contribution in [0.15, 0.2) is 33.6 Å². The fourth-order valence-corrected chi connectivity index (χ4v) is 3.56. The monoisotopic (exact) mass is 448 g/mol. The molecule has 1 aliphatic rings. The molecule has 1 fully saturated rings. The summed E-state index contributed by atoms with van der Waals surface area (Å²) in [6, 6.07) is 5.20. The van der Waals surface area contributed by atoms with E-state index in [2.05, 4.69) is 4.74 Å². The van der Waals surface area contributed by atoms with Gasteiger partial charge in [-0.3, -0.25) is 24.6 Å². The molecule has 0 saturated carbocycles. The molecule has 11 nitrogen and oxygen atoms in total. The molecule has 0 atom stereocenters. The molecule has 1 aromatic carbocycles. The lowest BCUT2D eigenvalue weighted by molar-refractivity contribution is -0.386. The summed E-state index contributed by atoms with van der Waals surface area (Å²) in [5.74, 6) is -1.95. The lowest BCUT2D eigenvalue weighted by Crippen LogP contribution is -2.27. The molecule has 0 bridgehead atoms. The minimum atomic E-state index is -0.781. The van der Waals surface area contributed by atoms with Crippen LogP contribution in [0.2, 0.25) is 0 Å². The number of benzene rings is 1. The highest BCUT2D eigenvalue weighted by molar-refractivity contribution is 8.18. The molecule has 12 heteroatoms. The van der Waals surface area contributed by atoms with Crippen molar-refractivity contribution in [1.29, 1.82) is 0 Å². The number of nitro groups is 1. The first-order valence-electron chi connectivity index (χ1n) is 8.81. The van der Waals surface area contributed by atoms with Gasteiger partial charge in [-0.05, 0) is 48.5 Å². The number of phenols is 1. The Morgan fingerprint density at radius 1 is 1.35 bits per heavy atom. The Bertz CT molecular complexity index is 1110. The van der Waals surface area contributed by atoms with Crippen molar-refractivity contribution in [2.75, 3.05) is 13.7 Å². The number of phenolic OH excluding ortho intramolecular Hbond substituents is 1. The minimum Gasteiger partial charge on any atom is -0.500 e. The van der Waals surface area contributed by atoms with Crippen molar-refractivity contribution in [2.24, 2.45) is 0 Å². The average molecular weight is 448 g/mol. The van der Waals surface area contributed by atoms with Gasteiger partial charge in [0.2, 0.25) is 11.5 Å². The van der Waals surface area contributed by atoms with Gasteiger partial charge in [0.05, 0.1) is 30.1 Å². The summed E-state index contributed by atoms with van der Waals surface area (Å²) < 4.78 is 15.0. The van der Waals surface area contributed by atoms with Gasteiger partial charge in [-0.15, -0.1) is 0 Å². The van der Waals surface area contributed by atoms with Gasteiger partial charge in [-0.2, -0.15) is 0 Å². The minimum absolute atomic E-state index is 0.0205. The van der Waals surface area contributed by atoms with Crippen LogP contribution in [-0.2, 0) is 16.1 Å². The topological polar surface area (TPSA) is 149 Å². The number of aromatic hydroxyl groups is 1. The Morgan fingerprint density at radius 2 is 2.10 bits per heavy atom. The molecule has 1 saturated heterocycles. The maximum atomic E-state index is 12.7. The molecule has 3 rings (SSSR count). The third-order valence-corrected chi connectivity index (χ3v) is 5.01. The van der Waals surface area contributed by atoms with Crippen LogP contribution < -0.4 is 4.74 Å². The fraction of sp³-hybridized carbons (Fsp3) is 0.211. The van der Waals surface area contributed by atoms with Gasteiger partial charge >= 0.3 is 11.7 Å². The average Bonchev–Trinajstić information content (AvgIpc) is 3.30. The summed E-state index contributed by atoms with van der Waals surface area (Å²) in [7, 11) is 1.19. The van der Waals surface area contributed by atoms with Gasteiger partial charge in [0.15, 0.2) is 5.75 Å². The van der Waals surface area contributed by atoms with Gasteiger partial charge in [0.1, 0.15) is 5.76 Å². The molecule has 2 amide bonds. The number of rotatable bonds is 7. The number of esters is 1. The Morgan fingerprint density at radius 3 is 2.74 bits per heavy atom. The van der Waals surface area contributed by atoms with E-state index in [4.69, 9.17) is 9.15 Å². The number of imide groups is 1. The third kappa shape index (κ3) is 4.53. The zero-order valence-corrected chi connectivity index (χ0v) is 17.1. The van der Waals surface area contributed by atoms with E-state index in [1.54, 1.807) is 6.92 Å². The van der Waals surface area contributed by atoms with E-state index in [9.17, 15) is 29.6 Å². The summed E-state index contributed by atoms with van der Waals surface area (Å²) in [6.07, 6.45) is 1.29. The van der Waals surface area contributed by atoms with Gasteiger partial charge in [0, 0.05) is 6.07 Å². The maximum Gasteiger partial charge on any atom is 0.373 e. The molecule has 1 aromatic heterocycles. The first-order chi connectivity index (χ1) is 14.7. The molecule has 2 aromatic rings. The lowest BCUT2D eigenvalue weighted by atomic mass is 10.1. The zero-order valence-electron chi connectivity index (χ0n) is 16.3. The van der Waals surface area contributed by atoms with Crippen molar-refractivity contribution >= 4 is 40.6 Å². The van der Waals surface area contributed by atoms with Crippen LogP contribution >= 0.6 is 11.8 Å². The molecule has 0 aliphatic carbocycles. The molecule has 0 unspecified atom stereocenters. The number of amides is 2. The van der Waals surface area contributed by atoms with E-state index in [0.29, 0.717) is 11.8 Å². The van der Waals surface area contributed by atoms with Crippen LogP contribution in [-0.4, -0.2) is 45.8 Å². The number of carbonyl (C=O) groups is 3. The molecule has 162 valence electrons. The number of ether oxygens (including phenoxy) is 2. The number of hydrogen-bond acceptors (Lipinski definition) is 10. The fourth-order valence-electron chi connectivity index (χ4n) is 2.72. The highest BCUT2D eigenvalue weighted by Gasteiger charge is 2.36. The van der Waals surface area contributed by atoms with Crippen LogP contribution in [0.25, 0.3) is 6.08 Å². The largest absolute Gasteiger partial charge is 0.500 e. The van der Waals surface area contributed by atoms with Crippen LogP contribution in [0, 0.1) is 10.1 Å². The number of thioether (sulfide) groups is 1. The van der Waals surface area contributed by atoms with Gasteiger partial charge in [0.25, 0.3) is 11.1 Å². The zero-order chi connectivity index (χ0) is 22.7. The van der Waals surface area contributed by atoms with Crippen LogP contribution in [0.3, 0.4) is 0 Å². The number of nitro benzene ring substituents is 1. The van der Waals surface area contributed by atoms with Crippen LogP contribution in [0.1, 0.15) is 28.8 Å². The second-order valence-electron chi connectivity index (χ2n) is 6.10. The number of furan rings is 1. The van der Waals surface area contributed by atoms with E-state index in [0.717, 1.165) is 11.0 Å². The molecule has 31 heavy (non-hydrogen) atoms. The maximum absolute atomic E-state index is 12.7. The predicted molar refractivity (Wildman–Crippen MR) is 107 cm³/mol. The third-order valence-electron chi connectivity index (χ3n) is 4.11. The standard InChI is InChI=1S/C19H16N2O9S/c1-3-29-14-7-10(6-12(16(14)22)21(26)27)8-15-17(23)20(19(25)31-15)9-11-4-5-13(30-11)18(24)28-2/h4-8,22H,3,9H2,1-2H3/b15-8+. The quantitative estimate of drug-likeness (QED) is 0.289. The molecular weight excluding hydrogens is 432 g/mol. The predicted octanol–water partition coefficient (Wildman–Crippen LogP) is 3.32. The van der Waals surface area contributed by atoms with Crippen molar-refractivity contribution in [3.05, 3.63) is 56.4 Å². The first kappa shape index (κ1) is 21.9. The van der Waals surface area contributed by atoms with Crippen LogP contribution in [0.4, 0.5) is 10.5 Å². The van der Waals surface area contributed by atoms with Gasteiger partial charge < -0.3 is 19.0 Å². The summed E-state index contributed by atoms with van der Waals surface area (Å²) in [5, 5.41) is 20.6. The number of hydrogen-bond donors (Lipinski definition) is 1. The summed E-state index contributed by atoms with van der Waals surface area (Å²) in [5.41, 5.74) is -0.397. The van der Waals surface area contributed by atoms with Crippen molar-refractivity contribution in [3.63, 3.8) is 0 Å². The Balaban J connectivity index is 1.87. The molecule has 2 heterocycles. The molecule has 0 radical (unpaired) electrons. The van der Waals surface area contributed by atoms with E-state index >= 15 is 0 Å². The summed E-state index contributed by atoms with van der Waals surface area (Å²) in [4.78, 5) is 47.8. The second-order valence-corrected chi connectivity index (χ2v) is 7.10. The van der Waals surface area contributed by atoms with Crippen molar-refractivity contribution in [2.45, 2.75) is 13.5 Å². The highest BCUT2D eigenvalue weighted by Crippen LogP contribution is 2.39. The Hall–Kier alpha value is -3.80. The number of carbonyl (C=O) groups excluding carboxylic acids is 3. The molecule has 0 spiro atoms. The summed E-state index contributed by atoms with van der Waals surface area (Å²) >= 11 is 0.643. The van der Waals surface area contributed by atoms with E-state index in [1.165, 1.54) is 31.4 Å². The van der Waals surface area contributed by atoms with Crippen molar-refractivity contribution in [1.82, 2.24) is 4.90 Å².